The number of carbonyl (C=O) groups is 2. The van der Waals surface area contributed by atoms with Crippen molar-refractivity contribution in [2.45, 2.75) is 38.6 Å². The maximum Gasteiger partial charge on any atom is 0.261 e. The Morgan fingerprint density at radius 3 is 2.52 bits per heavy atom. The largest absolute Gasteiger partial charge is 0.352 e. The minimum absolute atomic E-state index is 0.00710. The highest BCUT2D eigenvalue weighted by Crippen LogP contribution is 2.49. The van der Waals surface area contributed by atoms with Gasteiger partial charge in [-0.1, -0.05) is 24.6 Å². The van der Waals surface area contributed by atoms with Gasteiger partial charge in [-0.3, -0.25) is 9.59 Å². The highest BCUT2D eigenvalue weighted by Gasteiger charge is 2.38. The van der Waals surface area contributed by atoms with Crippen LogP contribution in [0.2, 0.25) is 0 Å². The van der Waals surface area contributed by atoms with E-state index >= 15 is 0 Å². The third-order valence-corrected chi connectivity index (χ3v) is 6.97. The van der Waals surface area contributed by atoms with Crippen molar-refractivity contribution in [2.75, 3.05) is 6.54 Å². The zero-order chi connectivity index (χ0) is 18.6. The number of benzene rings is 1. The minimum Gasteiger partial charge on any atom is -0.352 e. The molecule has 1 aromatic heterocycles. The Balaban J connectivity index is 1.21. The lowest BCUT2D eigenvalue weighted by Gasteiger charge is -2.21. The molecule has 2 aliphatic carbocycles. The standard InChI is InChI=1S/C22H26N2O2S/c25-21(23-10-9-19-13-16-5-8-18(19)12-16)17-6-3-15(4-7-17)14-24-22(26)20-2-1-11-27-20/h1-4,6-7,11,16,18-19H,5,8-10,12-14H2,(H,23,25)(H,24,26). The van der Waals surface area contributed by atoms with Crippen LogP contribution in [0.15, 0.2) is 41.8 Å². The van der Waals surface area contributed by atoms with Gasteiger partial charge in [-0.05, 0) is 72.6 Å². The van der Waals surface area contributed by atoms with Crippen molar-refractivity contribution in [2.24, 2.45) is 17.8 Å². The van der Waals surface area contributed by atoms with E-state index in [-0.39, 0.29) is 11.8 Å². The van der Waals surface area contributed by atoms with Crippen LogP contribution < -0.4 is 10.6 Å². The first-order valence-electron chi connectivity index (χ1n) is 9.88. The van der Waals surface area contributed by atoms with Crippen molar-refractivity contribution in [1.82, 2.24) is 10.6 Å². The summed E-state index contributed by atoms with van der Waals surface area (Å²) in [4.78, 5) is 25.0. The van der Waals surface area contributed by atoms with Crippen molar-refractivity contribution >= 4 is 23.2 Å². The number of amides is 2. The molecule has 0 saturated heterocycles. The molecule has 3 atom stereocenters. The molecule has 0 aliphatic heterocycles. The van der Waals surface area contributed by atoms with Gasteiger partial charge in [-0.15, -0.1) is 11.3 Å². The van der Waals surface area contributed by atoms with Crippen LogP contribution in [0.1, 0.15) is 57.7 Å². The number of fused-ring (bicyclic) bond motifs is 2. The van der Waals surface area contributed by atoms with Gasteiger partial charge in [0.15, 0.2) is 0 Å². The summed E-state index contributed by atoms with van der Waals surface area (Å²) >= 11 is 1.43. The topological polar surface area (TPSA) is 58.2 Å². The Labute approximate surface area is 164 Å². The summed E-state index contributed by atoms with van der Waals surface area (Å²) < 4.78 is 0. The first-order chi connectivity index (χ1) is 13.2. The van der Waals surface area contributed by atoms with Gasteiger partial charge < -0.3 is 10.6 Å². The molecule has 27 heavy (non-hydrogen) atoms. The lowest BCUT2D eigenvalue weighted by atomic mass is 9.86. The molecule has 2 fully saturated rings. The Morgan fingerprint density at radius 2 is 1.85 bits per heavy atom. The van der Waals surface area contributed by atoms with E-state index in [0.29, 0.717) is 17.0 Å². The SMILES string of the molecule is O=C(NCCC1CC2CCC1C2)c1ccc(CNC(=O)c2cccs2)cc1. The second-order valence-electron chi connectivity index (χ2n) is 7.84. The third kappa shape index (κ3) is 4.41. The van der Waals surface area contributed by atoms with Crippen molar-refractivity contribution in [1.29, 1.82) is 0 Å². The van der Waals surface area contributed by atoms with Crippen LogP contribution in [0.4, 0.5) is 0 Å². The maximum absolute atomic E-state index is 12.3. The fourth-order valence-electron chi connectivity index (χ4n) is 4.65. The summed E-state index contributed by atoms with van der Waals surface area (Å²) in [6.45, 7) is 1.23. The van der Waals surface area contributed by atoms with E-state index in [1.165, 1.54) is 37.0 Å². The summed E-state index contributed by atoms with van der Waals surface area (Å²) in [7, 11) is 0. The van der Waals surface area contributed by atoms with Crippen molar-refractivity contribution < 1.29 is 9.59 Å². The lowest BCUT2D eigenvalue weighted by molar-refractivity contribution is 0.0942. The Hall–Kier alpha value is -2.14. The molecule has 2 bridgehead atoms. The van der Waals surface area contributed by atoms with Crippen LogP contribution in [0.3, 0.4) is 0 Å². The Morgan fingerprint density at radius 1 is 1.00 bits per heavy atom. The monoisotopic (exact) mass is 382 g/mol. The normalized spacial score (nSPS) is 23.3. The van der Waals surface area contributed by atoms with Crippen LogP contribution in [0, 0.1) is 17.8 Å². The molecule has 3 unspecified atom stereocenters. The molecule has 142 valence electrons. The van der Waals surface area contributed by atoms with Crippen LogP contribution in [-0.4, -0.2) is 18.4 Å². The first kappa shape index (κ1) is 18.2. The smallest absolute Gasteiger partial charge is 0.261 e. The number of hydrogen-bond donors (Lipinski definition) is 2. The quantitative estimate of drug-likeness (QED) is 0.753. The van der Waals surface area contributed by atoms with E-state index in [4.69, 9.17) is 0 Å². The van der Waals surface area contributed by atoms with E-state index in [1.54, 1.807) is 0 Å². The number of hydrogen-bond acceptors (Lipinski definition) is 3. The molecule has 1 heterocycles. The highest BCUT2D eigenvalue weighted by atomic mass is 32.1. The van der Waals surface area contributed by atoms with E-state index < -0.39 is 0 Å². The number of carbonyl (C=O) groups excluding carboxylic acids is 2. The van der Waals surface area contributed by atoms with Gasteiger partial charge in [0, 0.05) is 18.7 Å². The lowest BCUT2D eigenvalue weighted by Crippen LogP contribution is -2.27. The van der Waals surface area contributed by atoms with Gasteiger partial charge in [-0.2, -0.15) is 0 Å². The summed E-state index contributed by atoms with van der Waals surface area (Å²) in [5, 5.41) is 7.85. The number of nitrogens with one attached hydrogen (secondary N) is 2. The second kappa shape index (κ2) is 8.26. The van der Waals surface area contributed by atoms with E-state index in [2.05, 4.69) is 10.6 Å². The highest BCUT2D eigenvalue weighted by molar-refractivity contribution is 7.12. The molecule has 1 aromatic carbocycles. The zero-order valence-corrected chi connectivity index (χ0v) is 16.3. The predicted molar refractivity (Wildman–Crippen MR) is 108 cm³/mol. The van der Waals surface area contributed by atoms with Gasteiger partial charge in [0.2, 0.25) is 0 Å². The van der Waals surface area contributed by atoms with Crippen LogP contribution in [0.5, 0.6) is 0 Å². The molecule has 5 heteroatoms. The van der Waals surface area contributed by atoms with Crippen molar-refractivity contribution in [3.8, 4) is 0 Å². The molecule has 0 radical (unpaired) electrons. The number of thiophene rings is 1. The van der Waals surface area contributed by atoms with E-state index in [9.17, 15) is 9.59 Å². The fraction of sp³-hybridized carbons (Fsp3) is 0.455. The second-order valence-corrected chi connectivity index (χ2v) is 8.78. The van der Waals surface area contributed by atoms with Crippen LogP contribution in [-0.2, 0) is 6.54 Å². The minimum atomic E-state index is -0.0626. The molecule has 4 rings (SSSR count). The van der Waals surface area contributed by atoms with Crippen LogP contribution >= 0.6 is 11.3 Å². The number of rotatable bonds is 7. The molecule has 2 aromatic rings. The molecule has 2 N–H and O–H groups in total. The van der Waals surface area contributed by atoms with Gasteiger partial charge >= 0.3 is 0 Å². The van der Waals surface area contributed by atoms with Crippen molar-refractivity contribution in [3.05, 3.63) is 57.8 Å². The molecule has 4 nitrogen and oxygen atoms in total. The van der Waals surface area contributed by atoms with Gasteiger partial charge in [0.25, 0.3) is 11.8 Å². The summed E-state index contributed by atoms with van der Waals surface area (Å²) in [6, 6.07) is 11.1. The molecule has 0 spiro atoms. The Bertz CT molecular complexity index is 785. The summed E-state index contributed by atoms with van der Waals surface area (Å²) in [6.07, 6.45) is 6.72. The summed E-state index contributed by atoms with van der Waals surface area (Å²) in [5.74, 6) is 2.62. The van der Waals surface area contributed by atoms with Gasteiger partial charge in [-0.25, -0.2) is 0 Å². The molecule has 2 aliphatic rings. The third-order valence-electron chi connectivity index (χ3n) is 6.10. The molecule has 2 amide bonds. The maximum atomic E-state index is 12.3. The van der Waals surface area contributed by atoms with E-state index in [1.807, 2.05) is 41.8 Å². The molecular formula is C22H26N2O2S. The van der Waals surface area contributed by atoms with Gasteiger partial charge in [0.1, 0.15) is 0 Å². The summed E-state index contributed by atoms with van der Waals surface area (Å²) in [5.41, 5.74) is 1.66. The van der Waals surface area contributed by atoms with E-state index in [0.717, 1.165) is 36.3 Å². The predicted octanol–water partition coefficient (Wildman–Crippen LogP) is 4.23. The van der Waals surface area contributed by atoms with Crippen molar-refractivity contribution in [3.63, 3.8) is 0 Å². The Kier molecular flexibility index (Phi) is 5.58. The average molecular weight is 383 g/mol. The fourth-order valence-corrected chi connectivity index (χ4v) is 5.29. The van der Waals surface area contributed by atoms with Gasteiger partial charge in [0.05, 0.1) is 4.88 Å². The molecule has 2 saturated carbocycles. The van der Waals surface area contributed by atoms with Crippen LogP contribution in [0.25, 0.3) is 0 Å². The average Bonchev–Trinajstić information content (AvgIpc) is 3.44. The zero-order valence-electron chi connectivity index (χ0n) is 15.4. The molecular weight excluding hydrogens is 356 g/mol. The first-order valence-corrected chi connectivity index (χ1v) is 10.8.